The smallest absolute Gasteiger partial charge is 0.276 e. The third kappa shape index (κ3) is 4.32. The number of hydrogen-bond acceptors (Lipinski definition) is 3. The van der Waals surface area contributed by atoms with Gasteiger partial charge in [-0.1, -0.05) is 32.0 Å². The van der Waals surface area contributed by atoms with Crippen LogP contribution in [0.15, 0.2) is 48.7 Å². The van der Waals surface area contributed by atoms with Crippen LogP contribution < -0.4 is 10.2 Å². The van der Waals surface area contributed by atoms with Crippen LogP contribution in [0, 0.1) is 5.92 Å². The summed E-state index contributed by atoms with van der Waals surface area (Å²) >= 11 is 0. The lowest BCUT2D eigenvalue weighted by Gasteiger charge is -2.17. The molecule has 0 fully saturated rings. The Bertz CT molecular complexity index is 611. The Hall–Kier alpha value is -2.36. The fraction of sp³-hybridized carbons (Fsp3) is 0.333. The monoisotopic (exact) mass is 297 g/mol. The second-order valence-corrected chi connectivity index (χ2v) is 5.74. The molecule has 2 aromatic rings. The molecule has 1 amide bonds. The van der Waals surface area contributed by atoms with Crippen molar-refractivity contribution >= 4 is 17.3 Å². The highest BCUT2D eigenvalue weighted by molar-refractivity contribution is 6.04. The number of nitrogens with zero attached hydrogens (tertiary/aromatic N) is 2. The van der Waals surface area contributed by atoms with Gasteiger partial charge in [-0.25, -0.2) is 0 Å². The maximum atomic E-state index is 12.5. The van der Waals surface area contributed by atoms with Gasteiger partial charge in [-0.3, -0.25) is 9.78 Å². The van der Waals surface area contributed by atoms with Gasteiger partial charge in [0.2, 0.25) is 0 Å². The Morgan fingerprint density at radius 3 is 2.64 bits per heavy atom. The maximum absolute atomic E-state index is 12.5. The molecule has 22 heavy (non-hydrogen) atoms. The average Bonchev–Trinajstić information content (AvgIpc) is 2.54. The number of aromatic nitrogens is 1. The van der Waals surface area contributed by atoms with Gasteiger partial charge in [0.15, 0.2) is 0 Å². The van der Waals surface area contributed by atoms with Crippen molar-refractivity contribution in [3.8, 4) is 0 Å². The van der Waals surface area contributed by atoms with Gasteiger partial charge in [0.05, 0.1) is 0 Å². The van der Waals surface area contributed by atoms with E-state index < -0.39 is 0 Å². The number of para-hydroxylation sites is 1. The summed E-state index contributed by atoms with van der Waals surface area (Å²) in [5.41, 5.74) is 2.23. The van der Waals surface area contributed by atoms with E-state index in [1.807, 2.05) is 42.5 Å². The highest BCUT2D eigenvalue weighted by atomic mass is 16.2. The summed E-state index contributed by atoms with van der Waals surface area (Å²) in [4.78, 5) is 18.3. The molecule has 116 valence electrons. The van der Waals surface area contributed by atoms with Gasteiger partial charge in [0.1, 0.15) is 5.69 Å². The zero-order valence-electron chi connectivity index (χ0n) is 13.4. The number of rotatable bonds is 6. The number of hydrogen-bond donors (Lipinski definition) is 1. The van der Waals surface area contributed by atoms with Crippen molar-refractivity contribution in [2.24, 2.45) is 5.92 Å². The Kier molecular flexibility index (Phi) is 5.53. The maximum Gasteiger partial charge on any atom is 0.276 e. The van der Waals surface area contributed by atoms with E-state index in [2.05, 4.69) is 24.1 Å². The van der Waals surface area contributed by atoms with Crippen LogP contribution in [0.25, 0.3) is 0 Å². The molecule has 0 aliphatic rings. The van der Waals surface area contributed by atoms with E-state index in [0.29, 0.717) is 11.6 Å². The largest absolute Gasteiger partial charge is 0.385 e. The van der Waals surface area contributed by atoms with E-state index >= 15 is 0 Å². The number of carbonyl (C=O) groups is 1. The van der Waals surface area contributed by atoms with E-state index in [-0.39, 0.29) is 5.91 Å². The van der Waals surface area contributed by atoms with Gasteiger partial charge in [0, 0.05) is 31.2 Å². The van der Waals surface area contributed by atoms with Crippen LogP contribution in [-0.4, -0.2) is 24.5 Å². The highest BCUT2D eigenvalue weighted by Gasteiger charge is 2.14. The number of benzene rings is 1. The Morgan fingerprint density at radius 2 is 1.95 bits per heavy atom. The molecule has 4 nitrogen and oxygen atoms in total. The summed E-state index contributed by atoms with van der Waals surface area (Å²) < 4.78 is 0. The van der Waals surface area contributed by atoms with Crippen molar-refractivity contribution in [2.45, 2.75) is 20.3 Å². The topological polar surface area (TPSA) is 45.2 Å². The molecule has 0 aliphatic carbocycles. The summed E-state index contributed by atoms with van der Waals surface area (Å²) in [5, 5.41) is 3.34. The Morgan fingerprint density at radius 1 is 1.23 bits per heavy atom. The van der Waals surface area contributed by atoms with Crippen molar-refractivity contribution in [3.05, 3.63) is 54.4 Å². The average molecular weight is 297 g/mol. The normalized spacial score (nSPS) is 10.5. The van der Waals surface area contributed by atoms with Crippen molar-refractivity contribution in [1.29, 1.82) is 0 Å². The van der Waals surface area contributed by atoms with E-state index in [1.54, 1.807) is 18.1 Å². The van der Waals surface area contributed by atoms with Gasteiger partial charge in [0.25, 0.3) is 5.91 Å². The first-order valence-electron chi connectivity index (χ1n) is 7.61. The number of anilines is 2. The van der Waals surface area contributed by atoms with Crippen LogP contribution in [0.4, 0.5) is 11.4 Å². The molecule has 0 atom stereocenters. The molecule has 1 aromatic carbocycles. The summed E-state index contributed by atoms with van der Waals surface area (Å²) in [7, 11) is 1.76. The molecule has 0 spiro atoms. The van der Waals surface area contributed by atoms with E-state index in [0.717, 1.165) is 24.3 Å². The van der Waals surface area contributed by atoms with E-state index in [1.165, 1.54) is 0 Å². The first-order valence-corrected chi connectivity index (χ1v) is 7.61. The van der Waals surface area contributed by atoms with Crippen LogP contribution in [-0.2, 0) is 0 Å². The minimum atomic E-state index is -0.112. The summed E-state index contributed by atoms with van der Waals surface area (Å²) in [6, 6.07) is 13.3. The molecule has 0 aliphatic heterocycles. The molecule has 0 saturated carbocycles. The predicted octanol–water partition coefficient (Wildman–Crippen LogP) is 3.82. The predicted molar refractivity (Wildman–Crippen MR) is 91.4 cm³/mol. The third-order valence-corrected chi connectivity index (χ3v) is 3.48. The first-order chi connectivity index (χ1) is 10.6. The van der Waals surface area contributed by atoms with Crippen molar-refractivity contribution in [1.82, 2.24) is 4.98 Å². The summed E-state index contributed by atoms with van der Waals surface area (Å²) in [6.45, 7) is 5.28. The van der Waals surface area contributed by atoms with Gasteiger partial charge in [-0.05, 0) is 36.6 Å². The van der Waals surface area contributed by atoms with Crippen LogP contribution in [0.1, 0.15) is 30.8 Å². The quantitative estimate of drug-likeness (QED) is 0.881. The second kappa shape index (κ2) is 7.59. The number of nitrogens with one attached hydrogen (secondary N) is 1. The molecular weight excluding hydrogens is 274 g/mol. The second-order valence-electron chi connectivity index (χ2n) is 5.74. The molecule has 1 N–H and O–H groups in total. The molecule has 0 bridgehead atoms. The lowest BCUT2D eigenvalue weighted by molar-refractivity contribution is 0.0988. The zero-order chi connectivity index (χ0) is 15.9. The van der Waals surface area contributed by atoms with Gasteiger partial charge < -0.3 is 10.2 Å². The molecular formula is C18H23N3O. The first kappa shape index (κ1) is 16.0. The number of amides is 1. The van der Waals surface area contributed by atoms with Crippen LogP contribution in [0.5, 0.6) is 0 Å². The lowest BCUT2D eigenvalue weighted by Crippen LogP contribution is -2.27. The molecule has 1 aromatic heterocycles. The van der Waals surface area contributed by atoms with Crippen LogP contribution >= 0.6 is 0 Å². The fourth-order valence-corrected chi connectivity index (χ4v) is 2.10. The zero-order valence-corrected chi connectivity index (χ0v) is 13.4. The minimum absolute atomic E-state index is 0.112. The van der Waals surface area contributed by atoms with Crippen molar-refractivity contribution in [2.75, 3.05) is 23.8 Å². The molecule has 0 unspecified atom stereocenters. The highest BCUT2D eigenvalue weighted by Crippen LogP contribution is 2.16. The molecule has 4 heteroatoms. The number of carbonyl (C=O) groups excluding carboxylic acids is 1. The minimum Gasteiger partial charge on any atom is -0.385 e. The van der Waals surface area contributed by atoms with Crippen molar-refractivity contribution in [3.63, 3.8) is 0 Å². The molecule has 2 rings (SSSR count). The van der Waals surface area contributed by atoms with Crippen LogP contribution in [0.3, 0.4) is 0 Å². The SMILES string of the molecule is CC(C)CCNc1ccnc(C(=O)N(C)c2ccccc2)c1. The Labute approximate surface area is 132 Å². The lowest BCUT2D eigenvalue weighted by atomic mass is 10.1. The Balaban J connectivity index is 2.07. The standard InChI is InChI=1S/C18H23N3O/c1-14(2)9-11-19-15-10-12-20-17(13-15)18(22)21(3)16-7-5-4-6-8-16/h4-8,10,12-14H,9,11H2,1-3H3,(H,19,20). The fourth-order valence-electron chi connectivity index (χ4n) is 2.10. The van der Waals surface area contributed by atoms with Gasteiger partial charge >= 0.3 is 0 Å². The van der Waals surface area contributed by atoms with Gasteiger partial charge in [-0.2, -0.15) is 0 Å². The summed E-state index contributed by atoms with van der Waals surface area (Å²) in [5.74, 6) is 0.540. The molecule has 0 saturated heterocycles. The van der Waals surface area contributed by atoms with Crippen molar-refractivity contribution < 1.29 is 4.79 Å². The number of pyridine rings is 1. The van der Waals surface area contributed by atoms with Crippen LogP contribution in [0.2, 0.25) is 0 Å². The molecule has 0 radical (unpaired) electrons. The molecule has 1 heterocycles. The summed E-state index contributed by atoms with van der Waals surface area (Å²) in [6.07, 6.45) is 2.76. The third-order valence-electron chi connectivity index (χ3n) is 3.48. The van der Waals surface area contributed by atoms with E-state index in [4.69, 9.17) is 0 Å². The van der Waals surface area contributed by atoms with Gasteiger partial charge in [-0.15, -0.1) is 0 Å². The van der Waals surface area contributed by atoms with E-state index in [9.17, 15) is 4.79 Å².